The molecular weight excluding hydrogens is 260 g/mol. The van der Waals surface area contributed by atoms with Gasteiger partial charge in [-0.15, -0.1) is 0 Å². The summed E-state index contributed by atoms with van der Waals surface area (Å²) < 4.78 is 0.734. The van der Waals surface area contributed by atoms with Crippen LogP contribution >= 0.6 is 15.9 Å². The highest BCUT2D eigenvalue weighted by Crippen LogP contribution is 2.17. The topological polar surface area (TPSA) is 63.4 Å². The molecule has 2 N–H and O–H groups in total. The van der Waals surface area contributed by atoms with Crippen LogP contribution in [0.4, 0.5) is 0 Å². The minimum Gasteiger partial charge on any atom is -0.366 e. The van der Waals surface area contributed by atoms with Gasteiger partial charge in [0.2, 0.25) is 5.91 Å². The molecule has 0 saturated heterocycles. The predicted molar refractivity (Wildman–Crippen MR) is 60.7 cm³/mol. The Morgan fingerprint density at radius 3 is 2.33 bits per heavy atom. The SMILES string of the molecule is CN(C)C(=O)c1cc(Br)ccc1C(N)=O. The molecule has 1 rings (SSSR count). The summed E-state index contributed by atoms with van der Waals surface area (Å²) in [6.45, 7) is 0. The summed E-state index contributed by atoms with van der Waals surface area (Å²) in [5.74, 6) is -0.849. The van der Waals surface area contributed by atoms with Gasteiger partial charge in [0.1, 0.15) is 0 Å². The highest BCUT2D eigenvalue weighted by atomic mass is 79.9. The molecule has 1 aromatic carbocycles. The molecule has 0 bridgehead atoms. The van der Waals surface area contributed by atoms with Crippen molar-refractivity contribution in [3.05, 3.63) is 33.8 Å². The van der Waals surface area contributed by atoms with Gasteiger partial charge in [0.15, 0.2) is 0 Å². The number of halogens is 1. The van der Waals surface area contributed by atoms with Gasteiger partial charge in [-0.05, 0) is 18.2 Å². The Balaban J connectivity index is 3.30. The quantitative estimate of drug-likeness (QED) is 0.879. The van der Waals surface area contributed by atoms with Gasteiger partial charge in [0.25, 0.3) is 5.91 Å². The van der Waals surface area contributed by atoms with Crippen LogP contribution in [0.25, 0.3) is 0 Å². The van der Waals surface area contributed by atoms with Crippen LogP contribution < -0.4 is 5.73 Å². The second kappa shape index (κ2) is 4.44. The molecule has 1 aromatic rings. The van der Waals surface area contributed by atoms with E-state index in [0.717, 1.165) is 4.47 Å². The van der Waals surface area contributed by atoms with Crippen molar-refractivity contribution in [3.63, 3.8) is 0 Å². The van der Waals surface area contributed by atoms with Gasteiger partial charge in [-0.1, -0.05) is 15.9 Å². The lowest BCUT2D eigenvalue weighted by molar-refractivity contribution is 0.0820. The summed E-state index contributed by atoms with van der Waals surface area (Å²) in [7, 11) is 3.24. The number of amides is 2. The van der Waals surface area contributed by atoms with Crippen molar-refractivity contribution < 1.29 is 9.59 Å². The lowest BCUT2D eigenvalue weighted by atomic mass is 10.1. The largest absolute Gasteiger partial charge is 0.366 e. The average Bonchev–Trinajstić information content (AvgIpc) is 2.15. The normalized spacial score (nSPS) is 9.80. The molecule has 80 valence electrons. The summed E-state index contributed by atoms with van der Waals surface area (Å²) in [5, 5.41) is 0. The second-order valence-corrected chi connectivity index (χ2v) is 4.17. The lowest BCUT2D eigenvalue weighted by Gasteiger charge is -2.12. The highest BCUT2D eigenvalue weighted by Gasteiger charge is 2.16. The Morgan fingerprint density at radius 1 is 1.27 bits per heavy atom. The number of carbonyl (C=O) groups is 2. The maximum Gasteiger partial charge on any atom is 0.254 e. The van der Waals surface area contributed by atoms with Gasteiger partial charge in [0, 0.05) is 18.6 Å². The summed E-state index contributed by atoms with van der Waals surface area (Å²) in [5.41, 5.74) is 5.72. The Morgan fingerprint density at radius 2 is 1.87 bits per heavy atom. The zero-order valence-electron chi connectivity index (χ0n) is 8.45. The van der Waals surface area contributed by atoms with E-state index in [9.17, 15) is 9.59 Å². The fourth-order valence-corrected chi connectivity index (χ4v) is 1.51. The first-order valence-electron chi connectivity index (χ1n) is 4.24. The third kappa shape index (κ3) is 2.56. The molecular formula is C10H11BrN2O2. The third-order valence-electron chi connectivity index (χ3n) is 1.88. The fourth-order valence-electron chi connectivity index (χ4n) is 1.15. The number of hydrogen-bond donors (Lipinski definition) is 1. The van der Waals surface area contributed by atoms with E-state index in [0.29, 0.717) is 5.56 Å². The molecule has 0 heterocycles. The zero-order valence-corrected chi connectivity index (χ0v) is 10.0. The molecule has 2 amide bonds. The summed E-state index contributed by atoms with van der Waals surface area (Å²) in [6, 6.07) is 4.79. The van der Waals surface area contributed by atoms with Crippen molar-refractivity contribution >= 4 is 27.7 Å². The molecule has 0 aliphatic carbocycles. The van der Waals surface area contributed by atoms with Crippen LogP contribution in [0.15, 0.2) is 22.7 Å². The van der Waals surface area contributed by atoms with Gasteiger partial charge in [-0.2, -0.15) is 0 Å². The van der Waals surface area contributed by atoms with E-state index in [2.05, 4.69) is 15.9 Å². The standard InChI is InChI=1S/C10H11BrN2O2/c1-13(2)10(15)8-5-6(11)3-4-7(8)9(12)14/h3-5H,1-2H3,(H2,12,14). The van der Waals surface area contributed by atoms with Gasteiger partial charge in [-0.25, -0.2) is 0 Å². The number of benzene rings is 1. The molecule has 0 saturated carbocycles. The maximum absolute atomic E-state index is 11.7. The molecule has 4 nitrogen and oxygen atoms in total. The van der Waals surface area contributed by atoms with Crippen LogP contribution in [0.2, 0.25) is 0 Å². The van der Waals surface area contributed by atoms with E-state index in [1.807, 2.05) is 0 Å². The number of hydrogen-bond acceptors (Lipinski definition) is 2. The minimum absolute atomic E-state index is 0.233. The Kier molecular flexibility index (Phi) is 3.47. The third-order valence-corrected chi connectivity index (χ3v) is 2.38. The summed E-state index contributed by atoms with van der Waals surface area (Å²) >= 11 is 3.24. The van der Waals surface area contributed by atoms with Gasteiger partial charge in [0.05, 0.1) is 11.1 Å². The first-order chi connectivity index (χ1) is 6.93. The number of rotatable bonds is 2. The average molecular weight is 271 g/mol. The Bertz CT molecular complexity index is 416. The van der Waals surface area contributed by atoms with E-state index in [4.69, 9.17) is 5.73 Å². The van der Waals surface area contributed by atoms with Gasteiger partial charge in [-0.3, -0.25) is 9.59 Å². The monoisotopic (exact) mass is 270 g/mol. The summed E-state index contributed by atoms with van der Waals surface area (Å²) in [6.07, 6.45) is 0. The van der Waals surface area contributed by atoms with E-state index in [1.165, 1.54) is 11.0 Å². The molecule has 0 radical (unpaired) electrons. The fraction of sp³-hybridized carbons (Fsp3) is 0.200. The molecule has 5 heteroatoms. The second-order valence-electron chi connectivity index (χ2n) is 3.25. The van der Waals surface area contributed by atoms with Crippen LogP contribution in [0.1, 0.15) is 20.7 Å². The van der Waals surface area contributed by atoms with Gasteiger partial charge >= 0.3 is 0 Å². The van der Waals surface area contributed by atoms with Crippen LogP contribution in [0.5, 0.6) is 0 Å². The molecule has 15 heavy (non-hydrogen) atoms. The summed E-state index contributed by atoms with van der Waals surface area (Å²) in [4.78, 5) is 24.2. The lowest BCUT2D eigenvalue weighted by Crippen LogP contribution is -2.25. The van der Waals surface area contributed by atoms with Crippen LogP contribution in [0, 0.1) is 0 Å². The highest BCUT2D eigenvalue weighted by molar-refractivity contribution is 9.10. The maximum atomic E-state index is 11.7. The van der Waals surface area contributed by atoms with Crippen molar-refractivity contribution in [2.45, 2.75) is 0 Å². The van der Waals surface area contributed by atoms with Crippen molar-refractivity contribution in [3.8, 4) is 0 Å². The molecule has 0 unspecified atom stereocenters. The molecule has 0 aliphatic heterocycles. The van der Waals surface area contributed by atoms with E-state index >= 15 is 0 Å². The molecule has 0 aliphatic rings. The minimum atomic E-state index is -0.604. The smallest absolute Gasteiger partial charge is 0.254 e. The first-order valence-corrected chi connectivity index (χ1v) is 5.03. The number of primary amides is 1. The van der Waals surface area contributed by atoms with Crippen molar-refractivity contribution in [1.82, 2.24) is 4.90 Å². The predicted octanol–water partition coefficient (Wildman–Crippen LogP) is 1.25. The zero-order chi connectivity index (χ0) is 11.6. The number of carbonyl (C=O) groups excluding carboxylic acids is 2. The van der Waals surface area contributed by atoms with Gasteiger partial charge < -0.3 is 10.6 Å². The van der Waals surface area contributed by atoms with E-state index in [1.54, 1.807) is 26.2 Å². The number of nitrogens with zero attached hydrogens (tertiary/aromatic N) is 1. The van der Waals surface area contributed by atoms with E-state index < -0.39 is 5.91 Å². The Labute approximate surface area is 96.2 Å². The molecule has 0 aromatic heterocycles. The van der Waals surface area contributed by atoms with E-state index in [-0.39, 0.29) is 11.5 Å². The molecule has 0 atom stereocenters. The first kappa shape index (κ1) is 11.7. The van der Waals surface area contributed by atoms with Crippen molar-refractivity contribution in [2.24, 2.45) is 5.73 Å². The Hall–Kier alpha value is -1.36. The molecule has 0 spiro atoms. The number of nitrogens with two attached hydrogens (primary N) is 1. The van der Waals surface area contributed by atoms with Crippen LogP contribution in [-0.2, 0) is 0 Å². The van der Waals surface area contributed by atoms with Crippen LogP contribution in [-0.4, -0.2) is 30.8 Å². The van der Waals surface area contributed by atoms with Crippen molar-refractivity contribution in [1.29, 1.82) is 0 Å². The van der Waals surface area contributed by atoms with Crippen LogP contribution in [0.3, 0.4) is 0 Å². The van der Waals surface area contributed by atoms with Crippen molar-refractivity contribution in [2.75, 3.05) is 14.1 Å². The molecule has 0 fully saturated rings.